The van der Waals surface area contributed by atoms with Crippen molar-refractivity contribution in [3.05, 3.63) is 0 Å². The maximum atomic E-state index is 12.0. The zero-order chi connectivity index (χ0) is 12.7. The van der Waals surface area contributed by atoms with Gasteiger partial charge in [-0.1, -0.05) is 12.8 Å². The molecule has 1 rings (SSSR count). The van der Waals surface area contributed by atoms with Crippen LogP contribution in [0.3, 0.4) is 0 Å². The summed E-state index contributed by atoms with van der Waals surface area (Å²) >= 11 is 0. The predicted molar refractivity (Wildman–Crippen MR) is 68.7 cm³/mol. The lowest BCUT2D eigenvalue weighted by Gasteiger charge is -2.37. The second-order valence-corrected chi connectivity index (χ2v) is 4.80. The van der Waals surface area contributed by atoms with Crippen molar-refractivity contribution >= 4 is 5.91 Å². The van der Waals surface area contributed by atoms with E-state index >= 15 is 0 Å². The molecule has 0 aromatic heterocycles. The van der Waals surface area contributed by atoms with Gasteiger partial charge < -0.3 is 15.4 Å². The number of amides is 1. The molecule has 0 heterocycles. The molecule has 4 heteroatoms. The average molecular weight is 242 g/mol. The number of nitrogens with zero attached hydrogens (tertiary/aromatic N) is 1. The van der Waals surface area contributed by atoms with Gasteiger partial charge in [-0.05, 0) is 32.2 Å². The highest BCUT2D eigenvalue weighted by Gasteiger charge is 2.29. The molecule has 1 aliphatic rings. The van der Waals surface area contributed by atoms with E-state index in [9.17, 15) is 4.79 Å². The summed E-state index contributed by atoms with van der Waals surface area (Å²) in [7, 11) is 1.91. The van der Waals surface area contributed by atoms with Crippen molar-refractivity contribution in [1.82, 2.24) is 4.90 Å². The molecule has 17 heavy (non-hydrogen) atoms. The van der Waals surface area contributed by atoms with Crippen LogP contribution in [0.5, 0.6) is 0 Å². The Bertz CT molecular complexity index is 233. The van der Waals surface area contributed by atoms with Gasteiger partial charge in [0.2, 0.25) is 5.91 Å². The van der Waals surface area contributed by atoms with Crippen LogP contribution >= 0.6 is 0 Å². The molecule has 1 aliphatic carbocycles. The van der Waals surface area contributed by atoms with Crippen molar-refractivity contribution in [1.29, 1.82) is 0 Å². The van der Waals surface area contributed by atoms with Crippen LogP contribution in [-0.4, -0.2) is 43.7 Å². The van der Waals surface area contributed by atoms with Crippen LogP contribution in [0.25, 0.3) is 0 Å². The SMILES string of the molecule is CCOCCC(=O)N(C)C1CCCCC1CN. The van der Waals surface area contributed by atoms with Gasteiger partial charge in [-0.25, -0.2) is 0 Å². The standard InChI is InChI=1S/C13H26N2O2/c1-3-17-9-8-13(16)15(2)12-7-5-4-6-11(12)10-14/h11-12H,3-10,14H2,1-2H3. The Hall–Kier alpha value is -0.610. The van der Waals surface area contributed by atoms with E-state index in [1.807, 2.05) is 18.9 Å². The second kappa shape index (κ2) is 7.67. The van der Waals surface area contributed by atoms with Crippen LogP contribution in [0.1, 0.15) is 39.0 Å². The van der Waals surface area contributed by atoms with E-state index in [0.717, 1.165) is 12.8 Å². The highest BCUT2D eigenvalue weighted by atomic mass is 16.5. The van der Waals surface area contributed by atoms with Crippen molar-refractivity contribution in [3.63, 3.8) is 0 Å². The Morgan fingerprint density at radius 1 is 1.41 bits per heavy atom. The number of nitrogens with two attached hydrogens (primary N) is 1. The number of ether oxygens (including phenoxy) is 1. The van der Waals surface area contributed by atoms with Gasteiger partial charge in [0, 0.05) is 19.7 Å². The molecule has 2 unspecified atom stereocenters. The van der Waals surface area contributed by atoms with Gasteiger partial charge in [0.15, 0.2) is 0 Å². The van der Waals surface area contributed by atoms with Gasteiger partial charge in [0.05, 0.1) is 13.0 Å². The first-order valence-electron chi connectivity index (χ1n) is 6.74. The molecule has 0 spiro atoms. The van der Waals surface area contributed by atoms with Crippen LogP contribution in [0, 0.1) is 5.92 Å². The van der Waals surface area contributed by atoms with Gasteiger partial charge in [0.1, 0.15) is 0 Å². The summed E-state index contributed by atoms with van der Waals surface area (Å²) in [5, 5.41) is 0. The van der Waals surface area contributed by atoms with Crippen LogP contribution in [-0.2, 0) is 9.53 Å². The molecule has 0 aromatic rings. The number of carbonyl (C=O) groups excluding carboxylic acids is 1. The smallest absolute Gasteiger partial charge is 0.224 e. The summed E-state index contributed by atoms with van der Waals surface area (Å²) < 4.78 is 5.22. The maximum Gasteiger partial charge on any atom is 0.224 e. The molecule has 0 aromatic carbocycles. The van der Waals surface area contributed by atoms with Crippen molar-refractivity contribution in [3.8, 4) is 0 Å². The highest BCUT2D eigenvalue weighted by Crippen LogP contribution is 2.27. The molecule has 0 radical (unpaired) electrons. The second-order valence-electron chi connectivity index (χ2n) is 4.80. The molecule has 4 nitrogen and oxygen atoms in total. The largest absolute Gasteiger partial charge is 0.381 e. The van der Waals surface area contributed by atoms with Crippen LogP contribution in [0.4, 0.5) is 0 Å². The summed E-state index contributed by atoms with van der Waals surface area (Å²) in [6.07, 6.45) is 5.20. The fourth-order valence-electron chi connectivity index (χ4n) is 2.64. The van der Waals surface area contributed by atoms with E-state index in [1.165, 1.54) is 12.8 Å². The molecule has 1 amide bonds. The summed E-state index contributed by atoms with van der Waals surface area (Å²) in [5.74, 6) is 0.661. The molecule has 2 N–H and O–H groups in total. The normalized spacial score (nSPS) is 24.6. The molecule has 0 bridgehead atoms. The van der Waals surface area contributed by atoms with E-state index in [2.05, 4.69) is 0 Å². The first-order valence-corrected chi connectivity index (χ1v) is 6.74. The summed E-state index contributed by atoms with van der Waals surface area (Å²) in [6, 6.07) is 0.336. The minimum atomic E-state index is 0.184. The Kier molecular flexibility index (Phi) is 6.52. The zero-order valence-corrected chi connectivity index (χ0v) is 11.2. The quantitative estimate of drug-likeness (QED) is 0.716. The molecule has 1 saturated carbocycles. The number of carbonyl (C=O) groups is 1. The Morgan fingerprint density at radius 2 is 2.12 bits per heavy atom. The Balaban J connectivity index is 2.42. The number of rotatable bonds is 6. The first-order chi connectivity index (χ1) is 8.20. The van der Waals surface area contributed by atoms with E-state index < -0.39 is 0 Å². The molecule has 0 saturated heterocycles. The van der Waals surface area contributed by atoms with Gasteiger partial charge in [-0.15, -0.1) is 0 Å². The fraction of sp³-hybridized carbons (Fsp3) is 0.923. The first kappa shape index (κ1) is 14.5. The zero-order valence-electron chi connectivity index (χ0n) is 11.2. The van der Waals surface area contributed by atoms with Crippen molar-refractivity contribution in [2.75, 3.05) is 26.8 Å². The maximum absolute atomic E-state index is 12.0. The average Bonchev–Trinajstić information content (AvgIpc) is 2.38. The predicted octanol–water partition coefficient (Wildman–Crippen LogP) is 1.39. The van der Waals surface area contributed by atoms with Crippen LogP contribution in [0.2, 0.25) is 0 Å². The molecule has 0 aliphatic heterocycles. The number of hydrogen-bond acceptors (Lipinski definition) is 3. The van der Waals surface area contributed by atoms with E-state index in [0.29, 0.717) is 38.1 Å². The monoisotopic (exact) mass is 242 g/mol. The topological polar surface area (TPSA) is 55.6 Å². The van der Waals surface area contributed by atoms with E-state index in [4.69, 9.17) is 10.5 Å². The third-order valence-corrected chi connectivity index (χ3v) is 3.73. The minimum absolute atomic E-state index is 0.184. The molecule has 2 atom stereocenters. The molecular formula is C13H26N2O2. The third kappa shape index (κ3) is 4.28. The molecule has 1 fully saturated rings. The van der Waals surface area contributed by atoms with Crippen LogP contribution < -0.4 is 5.73 Å². The van der Waals surface area contributed by atoms with Crippen molar-refractivity contribution in [2.45, 2.75) is 45.1 Å². The third-order valence-electron chi connectivity index (χ3n) is 3.73. The lowest BCUT2D eigenvalue weighted by molar-refractivity contribution is -0.134. The fourth-order valence-corrected chi connectivity index (χ4v) is 2.64. The molecular weight excluding hydrogens is 216 g/mol. The summed E-state index contributed by atoms with van der Waals surface area (Å²) in [5.41, 5.74) is 5.79. The van der Waals surface area contributed by atoms with Gasteiger partial charge in [-0.2, -0.15) is 0 Å². The summed E-state index contributed by atoms with van der Waals surface area (Å²) in [4.78, 5) is 13.9. The van der Waals surface area contributed by atoms with Crippen molar-refractivity contribution < 1.29 is 9.53 Å². The number of hydrogen-bond donors (Lipinski definition) is 1. The van der Waals surface area contributed by atoms with Crippen LogP contribution in [0.15, 0.2) is 0 Å². The van der Waals surface area contributed by atoms with Gasteiger partial charge >= 0.3 is 0 Å². The summed E-state index contributed by atoms with van der Waals surface area (Å²) in [6.45, 7) is 3.83. The Labute approximate surface area is 104 Å². The Morgan fingerprint density at radius 3 is 2.76 bits per heavy atom. The van der Waals surface area contributed by atoms with E-state index in [-0.39, 0.29) is 5.91 Å². The van der Waals surface area contributed by atoms with Crippen molar-refractivity contribution in [2.24, 2.45) is 11.7 Å². The lowest BCUT2D eigenvalue weighted by atomic mass is 9.83. The highest BCUT2D eigenvalue weighted by molar-refractivity contribution is 5.76. The van der Waals surface area contributed by atoms with E-state index in [1.54, 1.807) is 0 Å². The lowest BCUT2D eigenvalue weighted by Crippen LogP contribution is -2.46. The van der Waals surface area contributed by atoms with Gasteiger partial charge in [-0.3, -0.25) is 4.79 Å². The van der Waals surface area contributed by atoms with Gasteiger partial charge in [0.25, 0.3) is 0 Å². The molecule has 100 valence electrons. The minimum Gasteiger partial charge on any atom is -0.381 e.